The summed E-state index contributed by atoms with van der Waals surface area (Å²) < 4.78 is 66.3. The Morgan fingerprint density at radius 1 is 1.09 bits per heavy atom. The molecule has 32 heavy (non-hydrogen) atoms. The second kappa shape index (κ2) is 7.82. The van der Waals surface area contributed by atoms with Gasteiger partial charge in [0.05, 0.1) is 33.6 Å². The van der Waals surface area contributed by atoms with E-state index in [0.29, 0.717) is 21.8 Å². The van der Waals surface area contributed by atoms with Gasteiger partial charge in [-0.25, -0.2) is 18.4 Å². The van der Waals surface area contributed by atoms with Crippen molar-refractivity contribution < 1.29 is 21.6 Å². The Hall–Kier alpha value is -3.05. The molecule has 7 nitrogen and oxygen atoms in total. The number of halogens is 4. The first kappa shape index (κ1) is 22.2. The number of aromatic nitrogens is 5. The van der Waals surface area contributed by atoms with Crippen LogP contribution >= 0.6 is 11.6 Å². The number of alkyl halides is 3. The van der Waals surface area contributed by atoms with Crippen LogP contribution in [0.4, 0.5) is 13.2 Å². The first-order chi connectivity index (χ1) is 15.0. The molecule has 166 valence electrons. The molecule has 0 fully saturated rings. The van der Waals surface area contributed by atoms with Crippen molar-refractivity contribution >= 4 is 32.5 Å². The minimum absolute atomic E-state index is 0.0184. The van der Waals surface area contributed by atoms with Gasteiger partial charge in [0.25, 0.3) is 0 Å². The van der Waals surface area contributed by atoms with E-state index in [0.717, 1.165) is 12.3 Å². The Kier molecular flexibility index (Phi) is 5.41. The minimum atomic E-state index is -4.63. The highest BCUT2D eigenvalue weighted by molar-refractivity contribution is 7.91. The van der Waals surface area contributed by atoms with E-state index in [1.807, 2.05) is 0 Å². The zero-order chi connectivity index (χ0) is 23.3. The predicted octanol–water partition coefficient (Wildman–Crippen LogP) is 4.56. The number of fused-ring (bicyclic) bond motifs is 1. The molecule has 4 aromatic rings. The summed E-state index contributed by atoms with van der Waals surface area (Å²) in [6.07, 6.45) is -0.683. The fourth-order valence-electron chi connectivity index (χ4n) is 3.16. The van der Waals surface area contributed by atoms with Crippen molar-refractivity contribution in [3.63, 3.8) is 0 Å². The highest BCUT2D eigenvalue weighted by Gasteiger charge is 2.33. The Bertz CT molecular complexity index is 1450. The lowest BCUT2D eigenvalue weighted by molar-refractivity contribution is -0.141. The van der Waals surface area contributed by atoms with Crippen LogP contribution in [0.5, 0.6) is 0 Å². The lowest BCUT2D eigenvalue weighted by Crippen LogP contribution is -2.09. The highest BCUT2D eigenvalue weighted by Crippen LogP contribution is 2.33. The van der Waals surface area contributed by atoms with Crippen LogP contribution in [0.3, 0.4) is 0 Å². The molecule has 0 aliphatic heterocycles. The number of aryl methyl sites for hydroxylation is 1. The number of nitrogens with zero attached hydrogens (tertiary/aromatic N) is 5. The van der Waals surface area contributed by atoms with Gasteiger partial charge < -0.3 is 4.57 Å². The third-order valence-electron chi connectivity index (χ3n) is 4.86. The third-order valence-corrected chi connectivity index (χ3v) is 6.83. The predicted molar refractivity (Wildman–Crippen MR) is 113 cm³/mol. The summed E-state index contributed by atoms with van der Waals surface area (Å²) in [6, 6.07) is 5.38. The number of imidazole rings is 1. The van der Waals surface area contributed by atoms with E-state index in [-0.39, 0.29) is 27.7 Å². The lowest BCUT2D eigenvalue weighted by Gasteiger charge is -2.11. The summed E-state index contributed by atoms with van der Waals surface area (Å²) >= 11 is 6.01. The molecule has 0 radical (unpaired) electrons. The van der Waals surface area contributed by atoms with Gasteiger partial charge in [-0.1, -0.05) is 18.5 Å². The Morgan fingerprint density at radius 2 is 1.84 bits per heavy atom. The first-order valence-electron chi connectivity index (χ1n) is 9.26. The van der Waals surface area contributed by atoms with Crippen LogP contribution in [-0.2, 0) is 23.1 Å². The summed E-state index contributed by atoms with van der Waals surface area (Å²) in [6.45, 7) is 1.48. The summed E-state index contributed by atoms with van der Waals surface area (Å²) in [5, 5.41) is 0.419. The SMILES string of the molecule is CCS(=O)(=O)c1cc(-c2cc(Cl)ccn2)cnc1-c1nc2cc(C(F)(F)F)ncc2n1C. The molecule has 0 spiro atoms. The second-order valence-electron chi connectivity index (χ2n) is 6.88. The largest absolute Gasteiger partial charge is 0.433 e. The van der Waals surface area contributed by atoms with E-state index in [9.17, 15) is 21.6 Å². The molecule has 0 saturated carbocycles. The van der Waals surface area contributed by atoms with Crippen molar-refractivity contribution in [1.29, 1.82) is 0 Å². The molecular weight excluding hydrogens is 467 g/mol. The van der Waals surface area contributed by atoms with Gasteiger partial charge in [-0.05, 0) is 24.3 Å². The van der Waals surface area contributed by atoms with E-state index in [4.69, 9.17) is 11.6 Å². The second-order valence-corrected chi connectivity index (χ2v) is 9.57. The summed E-state index contributed by atoms with van der Waals surface area (Å²) in [4.78, 5) is 16.1. The molecule has 0 aliphatic carbocycles. The highest BCUT2D eigenvalue weighted by atomic mass is 35.5. The van der Waals surface area contributed by atoms with Crippen LogP contribution in [0.15, 0.2) is 47.8 Å². The van der Waals surface area contributed by atoms with Gasteiger partial charge in [-0.2, -0.15) is 13.2 Å². The molecule has 4 heterocycles. The molecule has 0 bridgehead atoms. The lowest BCUT2D eigenvalue weighted by atomic mass is 10.1. The van der Waals surface area contributed by atoms with Gasteiger partial charge >= 0.3 is 6.18 Å². The van der Waals surface area contributed by atoms with Crippen molar-refractivity contribution in [1.82, 2.24) is 24.5 Å². The molecule has 0 N–H and O–H groups in total. The average molecular weight is 482 g/mol. The van der Waals surface area contributed by atoms with Crippen LogP contribution in [0.1, 0.15) is 12.6 Å². The Balaban J connectivity index is 1.95. The minimum Gasteiger partial charge on any atom is -0.324 e. The van der Waals surface area contributed by atoms with Crippen LogP contribution in [0.2, 0.25) is 5.02 Å². The van der Waals surface area contributed by atoms with Crippen LogP contribution in [0.25, 0.3) is 33.8 Å². The molecule has 0 aliphatic rings. The zero-order valence-corrected chi connectivity index (χ0v) is 18.3. The van der Waals surface area contributed by atoms with Gasteiger partial charge in [-0.15, -0.1) is 0 Å². The van der Waals surface area contributed by atoms with Gasteiger partial charge in [-0.3, -0.25) is 9.97 Å². The fraction of sp³-hybridized carbons (Fsp3) is 0.200. The zero-order valence-electron chi connectivity index (χ0n) is 16.7. The first-order valence-corrected chi connectivity index (χ1v) is 11.3. The number of rotatable bonds is 4. The summed E-state index contributed by atoms with van der Waals surface area (Å²) in [5.74, 6) is -0.114. The van der Waals surface area contributed by atoms with Crippen molar-refractivity contribution in [2.75, 3.05) is 5.75 Å². The molecule has 4 aromatic heterocycles. The van der Waals surface area contributed by atoms with Crippen molar-refractivity contribution in [2.24, 2.45) is 7.05 Å². The van der Waals surface area contributed by atoms with Gasteiger partial charge in [0, 0.05) is 30.0 Å². The Morgan fingerprint density at radius 3 is 2.50 bits per heavy atom. The maximum Gasteiger partial charge on any atom is 0.433 e. The molecular formula is C20H15ClF3N5O2S. The summed E-state index contributed by atoms with van der Waals surface area (Å²) in [7, 11) is -2.22. The smallest absolute Gasteiger partial charge is 0.324 e. The number of hydrogen-bond donors (Lipinski definition) is 0. The third kappa shape index (κ3) is 3.93. The van der Waals surface area contributed by atoms with Gasteiger partial charge in [0.1, 0.15) is 11.4 Å². The number of hydrogen-bond acceptors (Lipinski definition) is 6. The molecule has 12 heteroatoms. The number of sulfone groups is 1. The quantitative estimate of drug-likeness (QED) is 0.424. The van der Waals surface area contributed by atoms with Crippen LogP contribution in [0, 0.1) is 0 Å². The average Bonchev–Trinajstić information content (AvgIpc) is 3.08. The molecule has 4 rings (SSSR count). The summed E-state index contributed by atoms with van der Waals surface area (Å²) in [5.41, 5.74) is 0.0924. The monoisotopic (exact) mass is 481 g/mol. The van der Waals surface area contributed by atoms with Gasteiger partial charge in [0.15, 0.2) is 15.7 Å². The van der Waals surface area contributed by atoms with Crippen LogP contribution < -0.4 is 0 Å². The molecule has 0 aromatic carbocycles. The molecule has 0 amide bonds. The Labute approximate surface area is 185 Å². The van der Waals surface area contributed by atoms with E-state index in [1.165, 1.54) is 30.0 Å². The van der Waals surface area contributed by atoms with Crippen molar-refractivity contribution in [3.05, 3.63) is 53.6 Å². The molecule has 0 saturated heterocycles. The fourth-order valence-corrected chi connectivity index (χ4v) is 4.38. The molecule has 0 unspecified atom stereocenters. The van der Waals surface area contributed by atoms with E-state index in [2.05, 4.69) is 19.9 Å². The van der Waals surface area contributed by atoms with Crippen LogP contribution in [-0.4, -0.2) is 38.7 Å². The molecule has 0 atom stereocenters. The van der Waals surface area contributed by atoms with E-state index in [1.54, 1.807) is 19.2 Å². The standard InChI is InChI=1S/C20H15ClF3N5O2S/c1-3-32(30,31)16-6-11(13-7-12(21)4-5-25-13)9-27-18(16)19-28-14-8-17(20(22,23)24)26-10-15(14)29(19)2/h4-10H,3H2,1-2H3. The van der Waals surface area contributed by atoms with Crippen molar-refractivity contribution in [3.8, 4) is 22.8 Å². The maximum absolute atomic E-state index is 13.0. The normalized spacial score (nSPS) is 12.4. The topological polar surface area (TPSA) is 90.6 Å². The number of pyridine rings is 3. The van der Waals surface area contributed by atoms with E-state index < -0.39 is 21.7 Å². The van der Waals surface area contributed by atoms with E-state index >= 15 is 0 Å². The maximum atomic E-state index is 13.0. The van der Waals surface area contributed by atoms with Gasteiger partial charge in [0.2, 0.25) is 0 Å². The van der Waals surface area contributed by atoms with Crippen molar-refractivity contribution in [2.45, 2.75) is 18.0 Å².